The molecule has 1 aliphatic heterocycles. The summed E-state index contributed by atoms with van der Waals surface area (Å²) in [6, 6.07) is 4.75. The van der Waals surface area contributed by atoms with Crippen LogP contribution in [0.15, 0.2) is 29.2 Å². The first-order valence-corrected chi connectivity index (χ1v) is 13.1. The molecule has 1 aliphatic carbocycles. The number of ether oxygens (including phenoxy) is 1. The molecule has 33 heavy (non-hydrogen) atoms. The van der Waals surface area contributed by atoms with E-state index in [0.717, 1.165) is 29.1 Å². The topological polar surface area (TPSA) is 108 Å². The third-order valence-corrected chi connectivity index (χ3v) is 8.67. The van der Waals surface area contributed by atoms with Gasteiger partial charge in [0.15, 0.2) is 16.0 Å². The van der Waals surface area contributed by atoms with Gasteiger partial charge in [-0.25, -0.2) is 18.1 Å². The first-order chi connectivity index (χ1) is 15.5. The van der Waals surface area contributed by atoms with Gasteiger partial charge >= 0.3 is 6.09 Å². The molecular formula is C23H30ClN3O5S. The van der Waals surface area contributed by atoms with Gasteiger partial charge < -0.3 is 4.74 Å². The van der Waals surface area contributed by atoms with E-state index in [2.05, 4.69) is 0 Å². The Morgan fingerprint density at radius 2 is 1.82 bits per heavy atom. The fourth-order valence-corrected chi connectivity index (χ4v) is 6.66. The highest BCUT2D eigenvalue weighted by atomic mass is 35.5. The normalized spacial score (nSPS) is 22.0. The summed E-state index contributed by atoms with van der Waals surface area (Å²) < 4.78 is 32.2. The van der Waals surface area contributed by atoms with Gasteiger partial charge in [0, 0.05) is 12.6 Å². The molecule has 0 aromatic heterocycles. The van der Waals surface area contributed by atoms with Gasteiger partial charge in [0.1, 0.15) is 11.6 Å². The number of nitrogens with zero attached hydrogens (tertiary/aromatic N) is 3. The quantitative estimate of drug-likeness (QED) is 0.459. The molecule has 1 heterocycles. The number of halogens is 1. The Balaban J connectivity index is 1.93. The predicted octanol–water partition coefficient (Wildman–Crippen LogP) is 4.13. The molecule has 1 aromatic carbocycles. The van der Waals surface area contributed by atoms with Crippen LogP contribution in [0.4, 0.5) is 4.79 Å². The van der Waals surface area contributed by atoms with Crippen LogP contribution in [0.2, 0.25) is 5.02 Å². The van der Waals surface area contributed by atoms with Gasteiger partial charge in [0.2, 0.25) is 0 Å². The van der Waals surface area contributed by atoms with E-state index >= 15 is 0 Å². The maximum absolute atomic E-state index is 13.5. The fourth-order valence-electron chi connectivity index (χ4n) is 4.44. The third-order valence-electron chi connectivity index (χ3n) is 6.04. The number of benzene rings is 1. The van der Waals surface area contributed by atoms with Crippen molar-refractivity contribution in [1.29, 1.82) is 5.26 Å². The highest BCUT2D eigenvalue weighted by Crippen LogP contribution is 2.34. The second-order valence-corrected chi connectivity index (χ2v) is 12.2. The van der Waals surface area contributed by atoms with Crippen LogP contribution in [0.3, 0.4) is 0 Å². The molecule has 2 amide bonds. The number of nitriles is 1. The van der Waals surface area contributed by atoms with Crippen LogP contribution in [0.25, 0.3) is 0 Å². The maximum atomic E-state index is 13.5. The molecule has 1 saturated carbocycles. The molecule has 1 saturated heterocycles. The summed E-state index contributed by atoms with van der Waals surface area (Å²) in [5.41, 5.74) is -0.831. The second-order valence-electron chi connectivity index (χ2n) is 9.58. The highest BCUT2D eigenvalue weighted by molar-refractivity contribution is 7.92. The lowest BCUT2D eigenvalue weighted by molar-refractivity contribution is -0.135. The van der Waals surface area contributed by atoms with Crippen molar-refractivity contribution in [3.8, 4) is 6.19 Å². The Morgan fingerprint density at radius 1 is 1.18 bits per heavy atom. The van der Waals surface area contributed by atoms with Crippen LogP contribution in [0.5, 0.6) is 0 Å². The fraction of sp³-hybridized carbons (Fsp3) is 0.609. The number of amides is 2. The van der Waals surface area contributed by atoms with Crippen molar-refractivity contribution in [1.82, 2.24) is 9.80 Å². The number of hydrogen-bond acceptors (Lipinski definition) is 6. The minimum absolute atomic E-state index is 0.0432. The summed E-state index contributed by atoms with van der Waals surface area (Å²) >= 11 is 6.14. The van der Waals surface area contributed by atoms with Gasteiger partial charge in [-0.1, -0.05) is 43.0 Å². The summed E-state index contributed by atoms with van der Waals surface area (Å²) in [5.74, 6) is -0.563. The average Bonchev–Trinajstić information content (AvgIpc) is 3.21. The summed E-state index contributed by atoms with van der Waals surface area (Å²) in [5, 5.41) is 8.78. The van der Waals surface area contributed by atoms with Crippen molar-refractivity contribution in [3.63, 3.8) is 0 Å². The molecule has 0 bridgehead atoms. The Hall–Kier alpha value is -2.31. The lowest BCUT2D eigenvalue weighted by Crippen LogP contribution is -2.50. The Labute approximate surface area is 200 Å². The van der Waals surface area contributed by atoms with Crippen molar-refractivity contribution >= 4 is 33.4 Å². The van der Waals surface area contributed by atoms with Gasteiger partial charge in [0.25, 0.3) is 5.91 Å². The van der Waals surface area contributed by atoms with Crippen molar-refractivity contribution < 1.29 is 22.7 Å². The minimum Gasteiger partial charge on any atom is -0.444 e. The summed E-state index contributed by atoms with van der Waals surface area (Å²) in [6.07, 6.45) is 5.38. The molecule has 10 heteroatoms. The second kappa shape index (κ2) is 9.90. The smallest absolute Gasteiger partial charge is 0.411 e. The lowest BCUT2D eigenvalue weighted by Gasteiger charge is -2.33. The molecule has 180 valence electrons. The van der Waals surface area contributed by atoms with Crippen LogP contribution < -0.4 is 0 Å². The summed E-state index contributed by atoms with van der Waals surface area (Å²) in [6.45, 7) is 4.86. The van der Waals surface area contributed by atoms with E-state index in [1.165, 1.54) is 12.1 Å². The molecule has 2 aliphatic rings. The van der Waals surface area contributed by atoms with E-state index in [1.807, 2.05) is 6.19 Å². The summed E-state index contributed by atoms with van der Waals surface area (Å²) in [4.78, 5) is 28.7. The SMILES string of the molecule is CC(C)(C)OC(=O)N1C[C@H](S(=O)(=O)c2ccccc2Cl)C[C@H]1C(=O)N(C#N)C1CCCCC1. The highest BCUT2D eigenvalue weighted by Gasteiger charge is 2.49. The molecule has 2 fully saturated rings. The van der Waals surface area contributed by atoms with Crippen LogP contribution in [0, 0.1) is 11.5 Å². The molecular weight excluding hydrogens is 466 g/mol. The van der Waals surface area contributed by atoms with Gasteiger partial charge in [-0.15, -0.1) is 0 Å². The van der Waals surface area contributed by atoms with E-state index in [4.69, 9.17) is 16.3 Å². The van der Waals surface area contributed by atoms with Crippen LogP contribution in [-0.4, -0.2) is 59.7 Å². The Morgan fingerprint density at radius 3 is 2.39 bits per heavy atom. The average molecular weight is 496 g/mol. The number of rotatable bonds is 4. The molecule has 0 spiro atoms. The number of carbonyl (C=O) groups is 2. The Bertz CT molecular complexity index is 1040. The van der Waals surface area contributed by atoms with Gasteiger partial charge in [-0.2, -0.15) is 5.26 Å². The molecule has 8 nitrogen and oxygen atoms in total. The van der Waals surface area contributed by atoms with E-state index in [-0.39, 0.29) is 28.9 Å². The first kappa shape index (κ1) is 25.3. The number of likely N-dealkylation sites (tertiary alicyclic amines) is 1. The van der Waals surface area contributed by atoms with Crippen LogP contribution in [-0.2, 0) is 19.4 Å². The van der Waals surface area contributed by atoms with Gasteiger partial charge in [0.05, 0.1) is 15.2 Å². The molecule has 0 N–H and O–H groups in total. The van der Waals surface area contributed by atoms with Crippen molar-refractivity contribution in [2.75, 3.05) is 6.54 Å². The van der Waals surface area contributed by atoms with E-state index < -0.39 is 38.7 Å². The van der Waals surface area contributed by atoms with Crippen LogP contribution in [0.1, 0.15) is 59.3 Å². The lowest BCUT2D eigenvalue weighted by atomic mass is 9.94. The molecule has 3 rings (SSSR count). The van der Waals surface area contributed by atoms with E-state index in [0.29, 0.717) is 12.8 Å². The first-order valence-electron chi connectivity index (χ1n) is 11.2. The molecule has 0 unspecified atom stereocenters. The standard InChI is InChI=1S/C23H30ClN3O5S/c1-23(2,3)32-22(29)26-14-17(33(30,31)20-12-8-7-11-18(20)24)13-19(26)21(28)27(15-25)16-9-5-4-6-10-16/h7-8,11-12,16-17,19H,4-6,9-10,13-14H2,1-3H3/t17-,19+/m1/s1. The molecule has 0 radical (unpaired) electrons. The maximum Gasteiger partial charge on any atom is 0.411 e. The number of carbonyl (C=O) groups excluding carboxylic acids is 2. The number of hydrogen-bond donors (Lipinski definition) is 0. The molecule has 2 atom stereocenters. The molecule has 1 aromatic rings. The zero-order chi connectivity index (χ0) is 24.4. The van der Waals surface area contributed by atoms with E-state index in [1.54, 1.807) is 32.9 Å². The largest absolute Gasteiger partial charge is 0.444 e. The zero-order valence-corrected chi connectivity index (χ0v) is 20.7. The van der Waals surface area contributed by atoms with Crippen LogP contribution >= 0.6 is 11.6 Å². The zero-order valence-electron chi connectivity index (χ0n) is 19.2. The van der Waals surface area contributed by atoms with Crippen molar-refractivity contribution in [2.24, 2.45) is 0 Å². The van der Waals surface area contributed by atoms with Crippen molar-refractivity contribution in [2.45, 2.75) is 87.1 Å². The Kier molecular flexibility index (Phi) is 7.59. The third kappa shape index (κ3) is 5.61. The monoisotopic (exact) mass is 495 g/mol. The van der Waals surface area contributed by atoms with Crippen molar-refractivity contribution in [3.05, 3.63) is 29.3 Å². The van der Waals surface area contributed by atoms with Gasteiger partial charge in [-0.05, 0) is 52.2 Å². The predicted molar refractivity (Wildman–Crippen MR) is 123 cm³/mol. The number of sulfone groups is 1. The summed E-state index contributed by atoms with van der Waals surface area (Å²) in [7, 11) is -3.94. The minimum atomic E-state index is -3.94. The van der Waals surface area contributed by atoms with E-state index in [9.17, 15) is 23.3 Å². The van der Waals surface area contributed by atoms with Gasteiger partial charge in [-0.3, -0.25) is 9.69 Å².